The van der Waals surface area contributed by atoms with Crippen LogP contribution in [0.3, 0.4) is 0 Å². The van der Waals surface area contributed by atoms with E-state index in [9.17, 15) is 8.42 Å². The summed E-state index contributed by atoms with van der Waals surface area (Å²) in [6, 6.07) is 6.89. The maximum atomic E-state index is 12.1. The lowest BCUT2D eigenvalue weighted by molar-refractivity contribution is 0.571. The van der Waals surface area contributed by atoms with Crippen molar-refractivity contribution in [2.45, 2.75) is 11.6 Å². The summed E-state index contributed by atoms with van der Waals surface area (Å²) in [5, 5.41) is 0.559. The fourth-order valence-corrected chi connectivity index (χ4v) is 2.99. The highest BCUT2D eigenvalue weighted by Crippen LogP contribution is 2.16. The fourth-order valence-electron chi connectivity index (χ4n) is 1.61. The molecule has 0 amide bonds. The number of nitrogen functional groups attached to an aromatic ring is 1. The van der Waals surface area contributed by atoms with Crippen LogP contribution in [0.1, 0.15) is 5.56 Å². The monoisotopic (exact) mass is 300 g/mol. The molecule has 1 aromatic carbocycles. The van der Waals surface area contributed by atoms with Gasteiger partial charge in [0.05, 0.1) is 6.33 Å². The molecule has 0 aliphatic rings. The number of sulfonamides is 1. The van der Waals surface area contributed by atoms with Crippen molar-refractivity contribution in [3.05, 3.63) is 41.2 Å². The number of aromatic nitrogens is 2. The number of rotatable bonds is 4. The number of hydrogen-bond donors (Lipinski definition) is 2. The number of nitrogens with zero attached hydrogens (tertiary/aromatic N) is 2. The second-order valence-corrected chi connectivity index (χ2v) is 6.12. The van der Waals surface area contributed by atoms with Gasteiger partial charge in [0.2, 0.25) is 0 Å². The zero-order valence-electron chi connectivity index (χ0n) is 10.2. The highest BCUT2D eigenvalue weighted by atomic mass is 35.5. The van der Waals surface area contributed by atoms with Gasteiger partial charge in [-0.1, -0.05) is 23.7 Å². The smallest absolute Gasteiger partial charge is 0.260 e. The van der Waals surface area contributed by atoms with Gasteiger partial charge in [-0.2, -0.15) is 0 Å². The Morgan fingerprint density at radius 3 is 2.53 bits per heavy atom. The van der Waals surface area contributed by atoms with E-state index in [2.05, 4.69) is 9.71 Å². The first-order chi connectivity index (χ1) is 8.90. The van der Waals surface area contributed by atoms with Gasteiger partial charge in [-0.25, -0.2) is 18.1 Å². The number of benzene rings is 1. The van der Waals surface area contributed by atoms with Crippen molar-refractivity contribution in [2.24, 2.45) is 7.05 Å². The Labute approximate surface area is 116 Å². The molecule has 19 heavy (non-hydrogen) atoms. The molecule has 0 spiro atoms. The highest BCUT2D eigenvalue weighted by molar-refractivity contribution is 7.89. The molecule has 1 aromatic heterocycles. The summed E-state index contributed by atoms with van der Waals surface area (Å²) in [7, 11) is -2.12. The van der Waals surface area contributed by atoms with Gasteiger partial charge in [-0.3, -0.25) is 0 Å². The quantitative estimate of drug-likeness (QED) is 0.886. The molecule has 102 valence electrons. The molecule has 0 aliphatic carbocycles. The number of anilines is 1. The molecule has 0 bridgehead atoms. The number of halogens is 1. The lowest BCUT2D eigenvalue weighted by atomic mass is 10.2. The minimum atomic E-state index is -3.69. The third-order valence-electron chi connectivity index (χ3n) is 2.54. The van der Waals surface area contributed by atoms with E-state index in [-0.39, 0.29) is 17.4 Å². The van der Waals surface area contributed by atoms with Crippen molar-refractivity contribution in [1.82, 2.24) is 14.3 Å². The van der Waals surface area contributed by atoms with E-state index in [1.54, 1.807) is 31.3 Å². The highest BCUT2D eigenvalue weighted by Gasteiger charge is 2.21. The maximum Gasteiger partial charge on any atom is 0.260 e. The average molecular weight is 301 g/mol. The van der Waals surface area contributed by atoms with E-state index in [4.69, 9.17) is 17.3 Å². The molecule has 3 N–H and O–H groups in total. The van der Waals surface area contributed by atoms with Crippen molar-refractivity contribution in [3.63, 3.8) is 0 Å². The number of imidazole rings is 1. The molecule has 0 saturated carbocycles. The molecule has 0 atom stereocenters. The molecule has 0 saturated heterocycles. The van der Waals surface area contributed by atoms with E-state index >= 15 is 0 Å². The molecule has 1 heterocycles. The van der Waals surface area contributed by atoms with Gasteiger partial charge < -0.3 is 10.3 Å². The second kappa shape index (κ2) is 5.20. The first kappa shape index (κ1) is 13.9. The van der Waals surface area contributed by atoms with Crippen molar-refractivity contribution in [2.75, 3.05) is 5.73 Å². The summed E-state index contributed by atoms with van der Waals surface area (Å²) in [6.45, 7) is 0.157. The predicted octanol–water partition coefficient (Wildman–Crippen LogP) is 1.13. The van der Waals surface area contributed by atoms with Gasteiger partial charge in [-0.15, -0.1) is 0 Å². The van der Waals surface area contributed by atoms with Crippen LogP contribution in [0, 0.1) is 0 Å². The topological polar surface area (TPSA) is 90.0 Å². The summed E-state index contributed by atoms with van der Waals surface area (Å²) in [5.41, 5.74) is 6.35. The van der Waals surface area contributed by atoms with Crippen molar-refractivity contribution in [3.8, 4) is 0 Å². The largest absolute Gasteiger partial charge is 0.381 e. The first-order valence-corrected chi connectivity index (χ1v) is 7.27. The number of hydrogen-bond acceptors (Lipinski definition) is 4. The first-order valence-electron chi connectivity index (χ1n) is 5.41. The van der Waals surface area contributed by atoms with Crippen LogP contribution in [0.25, 0.3) is 0 Å². The molecule has 0 fully saturated rings. The Bertz CT molecular complexity index is 660. The van der Waals surface area contributed by atoms with Crippen LogP contribution in [0.15, 0.2) is 35.6 Å². The number of nitrogens with two attached hydrogens (primary N) is 1. The average Bonchev–Trinajstić information content (AvgIpc) is 2.69. The summed E-state index contributed by atoms with van der Waals surface area (Å²) in [6.07, 6.45) is 1.35. The second-order valence-electron chi connectivity index (χ2n) is 4.00. The van der Waals surface area contributed by atoms with Crippen LogP contribution in [0.2, 0.25) is 5.02 Å². The van der Waals surface area contributed by atoms with Crippen molar-refractivity contribution < 1.29 is 8.42 Å². The van der Waals surface area contributed by atoms with Crippen LogP contribution in [0.4, 0.5) is 5.82 Å². The minimum Gasteiger partial charge on any atom is -0.381 e. The van der Waals surface area contributed by atoms with Crippen molar-refractivity contribution in [1.29, 1.82) is 0 Å². The predicted molar refractivity (Wildman–Crippen MR) is 73.1 cm³/mol. The minimum absolute atomic E-state index is 0.0221. The summed E-state index contributed by atoms with van der Waals surface area (Å²) >= 11 is 5.76. The Hall–Kier alpha value is -1.57. The van der Waals surface area contributed by atoms with Crippen LogP contribution in [-0.4, -0.2) is 18.0 Å². The molecule has 2 rings (SSSR count). The number of nitrogens with one attached hydrogen (secondary N) is 1. The zero-order chi connectivity index (χ0) is 14.0. The summed E-state index contributed by atoms with van der Waals surface area (Å²) in [5.74, 6) is -0.0221. The van der Waals surface area contributed by atoms with Gasteiger partial charge in [0.25, 0.3) is 10.0 Å². The Morgan fingerprint density at radius 2 is 2.00 bits per heavy atom. The molecule has 8 heteroatoms. The Balaban J connectivity index is 2.17. The molecule has 0 aliphatic heterocycles. The molecular formula is C11H13ClN4O2S. The van der Waals surface area contributed by atoms with E-state index in [1.807, 2.05) is 0 Å². The Kier molecular flexibility index (Phi) is 3.79. The Morgan fingerprint density at radius 1 is 1.37 bits per heavy atom. The molecule has 2 aromatic rings. The van der Waals surface area contributed by atoms with E-state index in [1.165, 1.54) is 10.9 Å². The maximum absolute atomic E-state index is 12.1. The van der Waals surface area contributed by atoms with Crippen LogP contribution in [-0.2, 0) is 23.6 Å². The zero-order valence-corrected chi connectivity index (χ0v) is 11.7. The van der Waals surface area contributed by atoms with Crippen LogP contribution >= 0.6 is 11.6 Å². The molecular weight excluding hydrogens is 288 g/mol. The van der Waals surface area contributed by atoms with Gasteiger partial charge in [-0.05, 0) is 17.7 Å². The lowest BCUT2D eigenvalue weighted by Gasteiger charge is -2.08. The fraction of sp³-hybridized carbons (Fsp3) is 0.182. The SMILES string of the molecule is Cn1cnc(N)c1S(=O)(=O)NCc1ccc(Cl)cc1. The van der Waals surface area contributed by atoms with Gasteiger partial charge in [0.15, 0.2) is 10.8 Å². The summed E-state index contributed by atoms with van der Waals surface area (Å²) in [4.78, 5) is 3.75. The van der Waals surface area contributed by atoms with E-state index in [0.717, 1.165) is 5.56 Å². The van der Waals surface area contributed by atoms with Gasteiger partial charge >= 0.3 is 0 Å². The van der Waals surface area contributed by atoms with Gasteiger partial charge in [0, 0.05) is 18.6 Å². The third kappa shape index (κ3) is 3.06. The molecule has 0 unspecified atom stereocenters. The number of aryl methyl sites for hydroxylation is 1. The molecule has 0 radical (unpaired) electrons. The van der Waals surface area contributed by atoms with Crippen LogP contribution in [0.5, 0.6) is 0 Å². The van der Waals surface area contributed by atoms with E-state index < -0.39 is 10.0 Å². The summed E-state index contributed by atoms with van der Waals surface area (Å²) < 4.78 is 28.0. The van der Waals surface area contributed by atoms with E-state index in [0.29, 0.717) is 5.02 Å². The van der Waals surface area contributed by atoms with Crippen molar-refractivity contribution >= 4 is 27.4 Å². The van der Waals surface area contributed by atoms with Gasteiger partial charge in [0.1, 0.15) is 0 Å². The lowest BCUT2D eigenvalue weighted by Crippen LogP contribution is -2.25. The van der Waals surface area contributed by atoms with Crippen LogP contribution < -0.4 is 10.5 Å². The normalized spacial score (nSPS) is 11.7. The standard InChI is InChI=1S/C11H13ClN4O2S/c1-16-7-14-10(13)11(16)19(17,18)15-6-8-2-4-9(12)5-3-8/h2-5,7,15H,6,13H2,1H3. The molecule has 6 nitrogen and oxygen atoms in total. The third-order valence-corrected chi connectivity index (χ3v) is 4.33.